The van der Waals surface area contributed by atoms with Crippen molar-refractivity contribution < 1.29 is 31.1 Å². The van der Waals surface area contributed by atoms with Crippen LogP contribution in [0.15, 0.2) is 65.7 Å². The SMILES string of the molecule is C=C(CCCCC)Cc1cccc(CNCC(=O)CCC(=Nc2ccccc2C(F)(F)F)C(F)(F)F)c1. The van der Waals surface area contributed by atoms with Gasteiger partial charge in [0.2, 0.25) is 0 Å². The first-order valence-electron chi connectivity index (χ1n) is 12.2. The van der Waals surface area contributed by atoms with E-state index in [2.05, 4.69) is 23.8 Å². The van der Waals surface area contributed by atoms with Crippen molar-refractivity contribution >= 4 is 17.2 Å². The molecule has 37 heavy (non-hydrogen) atoms. The van der Waals surface area contributed by atoms with Gasteiger partial charge in [0, 0.05) is 19.4 Å². The van der Waals surface area contributed by atoms with E-state index in [9.17, 15) is 31.1 Å². The second-order valence-corrected chi connectivity index (χ2v) is 8.92. The lowest BCUT2D eigenvalue weighted by Crippen LogP contribution is -2.27. The van der Waals surface area contributed by atoms with E-state index in [0.29, 0.717) is 12.6 Å². The standard InChI is InChI=1S/C28H32F6N2O/c1-3-4-5-9-20(2)16-21-10-8-11-22(17-21)18-35-19-23(37)14-15-26(28(32,33)34)36-25-13-7-6-12-24(25)27(29,30)31/h6-8,10-13,17,35H,2-5,9,14-16,18-19H2,1H3. The Morgan fingerprint density at radius 1 is 0.919 bits per heavy atom. The number of nitrogens with zero attached hydrogens (tertiary/aromatic N) is 1. The van der Waals surface area contributed by atoms with E-state index in [1.165, 1.54) is 6.07 Å². The fourth-order valence-electron chi connectivity index (χ4n) is 3.76. The van der Waals surface area contributed by atoms with Crippen LogP contribution in [0.1, 0.15) is 62.1 Å². The highest BCUT2D eigenvalue weighted by molar-refractivity contribution is 5.95. The van der Waals surface area contributed by atoms with Crippen LogP contribution in [0.2, 0.25) is 0 Å². The number of carbonyl (C=O) groups excluding carboxylic acids is 1. The van der Waals surface area contributed by atoms with E-state index in [1.54, 1.807) is 0 Å². The first-order valence-corrected chi connectivity index (χ1v) is 12.2. The fraction of sp³-hybridized carbons (Fsp3) is 0.429. The van der Waals surface area contributed by atoms with E-state index >= 15 is 0 Å². The lowest BCUT2D eigenvalue weighted by Gasteiger charge is -2.14. The molecule has 3 nitrogen and oxygen atoms in total. The first kappa shape index (κ1) is 30.3. The first-order chi connectivity index (χ1) is 17.4. The van der Waals surface area contributed by atoms with Crippen molar-refractivity contribution in [2.24, 2.45) is 4.99 Å². The average molecular weight is 527 g/mol. The molecule has 0 saturated carbocycles. The van der Waals surface area contributed by atoms with Crippen molar-refractivity contribution in [1.82, 2.24) is 5.32 Å². The molecular formula is C28H32F6N2O. The molecule has 0 heterocycles. The Kier molecular flexibility index (Phi) is 11.6. The number of aliphatic imine (C=N–C) groups is 1. The molecule has 2 aromatic carbocycles. The van der Waals surface area contributed by atoms with Crippen molar-refractivity contribution in [3.05, 3.63) is 77.4 Å². The molecule has 0 aromatic heterocycles. The molecular weight excluding hydrogens is 494 g/mol. The molecule has 9 heteroatoms. The largest absolute Gasteiger partial charge is 0.429 e. The Bertz CT molecular complexity index is 1070. The molecule has 0 amide bonds. The van der Waals surface area contributed by atoms with Crippen molar-refractivity contribution in [3.8, 4) is 0 Å². The zero-order chi connectivity index (χ0) is 27.5. The Morgan fingerprint density at radius 2 is 1.62 bits per heavy atom. The van der Waals surface area contributed by atoms with Crippen LogP contribution in [-0.2, 0) is 23.9 Å². The number of Topliss-reactive ketones (excluding diaryl/α,β-unsaturated/α-hetero) is 1. The lowest BCUT2D eigenvalue weighted by molar-refractivity contribution is -0.137. The molecule has 2 rings (SSSR count). The monoisotopic (exact) mass is 526 g/mol. The third-order valence-electron chi connectivity index (χ3n) is 5.66. The number of nitrogens with one attached hydrogen (secondary N) is 1. The highest BCUT2D eigenvalue weighted by Crippen LogP contribution is 2.37. The van der Waals surface area contributed by atoms with E-state index in [-0.39, 0.29) is 6.54 Å². The Labute approximate surface area is 213 Å². The third-order valence-corrected chi connectivity index (χ3v) is 5.66. The number of ketones is 1. The van der Waals surface area contributed by atoms with Crippen LogP contribution in [-0.4, -0.2) is 24.2 Å². The minimum Gasteiger partial charge on any atom is -0.306 e. The summed E-state index contributed by atoms with van der Waals surface area (Å²) in [5.41, 5.74) is -0.360. The molecule has 202 valence electrons. The van der Waals surface area contributed by atoms with Crippen LogP contribution in [0, 0.1) is 0 Å². The summed E-state index contributed by atoms with van der Waals surface area (Å²) in [6.45, 7) is 6.45. The molecule has 0 radical (unpaired) electrons. The highest BCUT2D eigenvalue weighted by atomic mass is 19.4. The summed E-state index contributed by atoms with van der Waals surface area (Å²) in [6, 6.07) is 11.6. The number of rotatable bonds is 14. The maximum Gasteiger partial charge on any atom is 0.429 e. The maximum atomic E-state index is 13.4. The van der Waals surface area contributed by atoms with Gasteiger partial charge in [-0.05, 0) is 42.5 Å². The van der Waals surface area contributed by atoms with E-state index in [1.807, 2.05) is 24.3 Å². The second kappa shape index (κ2) is 14.1. The topological polar surface area (TPSA) is 41.5 Å². The Morgan fingerprint density at radius 3 is 2.30 bits per heavy atom. The zero-order valence-electron chi connectivity index (χ0n) is 20.8. The predicted molar refractivity (Wildman–Crippen MR) is 134 cm³/mol. The molecule has 1 N–H and O–H groups in total. The number of unbranched alkanes of at least 4 members (excludes halogenated alkanes) is 2. The number of allylic oxidation sites excluding steroid dienone is 1. The van der Waals surface area contributed by atoms with Gasteiger partial charge in [-0.2, -0.15) is 26.3 Å². The maximum absolute atomic E-state index is 13.4. The van der Waals surface area contributed by atoms with Gasteiger partial charge in [0.05, 0.1) is 17.8 Å². The normalized spacial score (nSPS) is 12.6. The van der Waals surface area contributed by atoms with Crippen LogP contribution in [0.25, 0.3) is 0 Å². The number of para-hydroxylation sites is 1. The van der Waals surface area contributed by atoms with Crippen LogP contribution in [0.3, 0.4) is 0 Å². The smallest absolute Gasteiger partial charge is 0.306 e. The number of hydrogen-bond donors (Lipinski definition) is 1. The molecule has 2 aromatic rings. The summed E-state index contributed by atoms with van der Waals surface area (Å²) in [7, 11) is 0. The molecule has 0 fully saturated rings. The summed E-state index contributed by atoms with van der Waals surface area (Å²) < 4.78 is 79.6. The number of hydrogen-bond acceptors (Lipinski definition) is 3. The van der Waals surface area contributed by atoms with Gasteiger partial charge in [-0.15, -0.1) is 0 Å². The summed E-state index contributed by atoms with van der Waals surface area (Å²) in [5.74, 6) is -0.499. The Balaban J connectivity index is 1.92. The van der Waals surface area contributed by atoms with Gasteiger partial charge < -0.3 is 5.32 Å². The summed E-state index contributed by atoms with van der Waals surface area (Å²) in [4.78, 5) is 15.4. The van der Waals surface area contributed by atoms with Gasteiger partial charge in [-0.25, -0.2) is 4.99 Å². The van der Waals surface area contributed by atoms with Crippen LogP contribution < -0.4 is 5.32 Å². The Hall–Kier alpha value is -2.94. The summed E-state index contributed by atoms with van der Waals surface area (Å²) >= 11 is 0. The quantitative estimate of drug-likeness (QED) is 0.117. The fourth-order valence-corrected chi connectivity index (χ4v) is 3.76. The van der Waals surface area contributed by atoms with Crippen molar-refractivity contribution in [3.63, 3.8) is 0 Å². The molecule has 0 atom stereocenters. The molecule has 0 aliphatic carbocycles. The number of alkyl halides is 6. The molecule has 0 saturated heterocycles. The molecule has 0 spiro atoms. The lowest BCUT2D eigenvalue weighted by atomic mass is 10.00. The molecule has 0 aliphatic rings. The van der Waals surface area contributed by atoms with Crippen LogP contribution >= 0.6 is 0 Å². The number of halogens is 6. The minimum absolute atomic E-state index is 0.168. The zero-order valence-corrected chi connectivity index (χ0v) is 20.8. The van der Waals surface area contributed by atoms with Crippen molar-refractivity contribution in [2.75, 3.05) is 6.54 Å². The van der Waals surface area contributed by atoms with E-state index in [0.717, 1.165) is 60.9 Å². The summed E-state index contributed by atoms with van der Waals surface area (Å²) in [5, 5.41) is 2.92. The minimum atomic E-state index is -4.96. The third kappa shape index (κ3) is 10.9. The summed E-state index contributed by atoms with van der Waals surface area (Å²) in [6.07, 6.45) is -6.00. The molecule has 0 unspecified atom stereocenters. The van der Waals surface area contributed by atoms with Gasteiger partial charge in [0.25, 0.3) is 0 Å². The van der Waals surface area contributed by atoms with Gasteiger partial charge in [0.15, 0.2) is 0 Å². The van der Waals surface area contributed by atoms with Crippen LogP contribution in [0.5, 0.6) is 0 Å². The van der Waals surface area contributed by atoms with E-state index < -0.39 is 47.9 Å². The number of benzene rings is 2. The van der Waals surface area contributed by atoms with E-state index in [4.69, 9.17) is 0 Å². The molecule has 0 aliphatic heterocycles. The van der Waals surface area contributed by atoms with Gasteiger partial charge >= 0.3 is 12.4 Å². The predicted octanol–water partition coefficient (Wildman–Crippen LogP) is 8.16. The van der Waals surface area contributed by atoms with Crippen LogP contribution in [0.4, 0.5) is 32.0 Å². The van der Waals surface area contributed by atoms with Crippen molar-refractivity contribution in [2.45, 2.75) is 70.8 Å². The van der Waals surface area contributed by atoms with Gasteiger partial charge in [0.1, 0.15) is 11.5 Å². The second-order valence-electron chi connectivity index (χ2n) is 8.92. The highest BCUT2D eigenvalue weighted by Gasteiger charge is 2.38. The average Bonchev–Trinajstić information content (AvgIpc) is 2.81. The molecule has 0 bridgehead atoms. The van der Waals surface area contributed by atoms with Gasteiger partial charge in [-0.3, -0.25) is 4.79 Å². The van der Waals surface area contributed by atoms with Crippen molar-refractivity contribution in [1.29, 1.82) is 0 Å². The van der Waals surface area contributed by atoms with Gasteiger partial charge in [-0.1, -0.05) is 68.3 Å². The number of carbonyl (C=O) groups is 1.